The summed E-state index contributed by atoms with van der Waals surface area (Å²) in [4.78, 5) is 24.1. The van der Waals surface area contributed by atoms with Gasteiger partial charge in [0.25, 0.3) is 5.91 Å². The van der Waals surface area contributed by atoms with Crippen molar-refractivity contribution in [2.45, 2.75) is 18.4 Å². The standard InChI is InChI=1S/C25H23ClFN3O5S/c1-17-6-12-20(13-7-17)36(33,34)30(15-21-22(26)4-3-5-23(21)27)16-24(31)29-28-14-18-8-10-19(11-9-18)25(32)35-2/h3-14H,15-16H2,1-2H3,(H,29,31)/b28-14-. The second-order valence-electron chi connectivity index (χ2n) is 7.69. The Morgan fingerprint density at radius 1 is 1.08 bits per heavy atom. The number of carbonyl (C=O) groups excluding carboxylic acids is 2. The van der Waals surface area contributed by atoms with Gasteiger partial charge in [0.05, 0.1) is 30.3 Å². The van der Waals surface area contributed by atoms with Crippen LogP contribution in [-0.2, 0) is 26.1 Å². The van der Waals surface area contributed by atoms with Gasteiger partial charge in [0, 0.05) is 17.1 Å². The first kappa shape index (κ1) is 27.0. The van der Waals surface area contributed by atoms with Gasteiger partial charge in [-0.1, -0.05) is 47.5 Å². The number of hydrogen-bond donors (Lipinski definition) is 1. The Balaban J connectivity index is 1.79. The second kappa shape index (κ2) is 11.9. The van der Waals surface area contributed by atoms with Gasteiger partial charge in [-0.15, -0.1) is 0 Å². The molecular weight excluding hydrogens is 509 g/mol. The number of hydrazone groups is 1. The van der Waals surface area contributed by atoms with Crippen LogP contribution in [0.4, 0.5) is 4.39 Å². The van der Waals surface area contributed by atoms with E-state index in [-0.39, 0.29) is 15.5 Å². The normalized spacial score (nSPS) is 11.6. The van der Waals surface area contributed by atoms with Crippen molar-refractivity contribution in [1.82, 2.24) is 9.73 Å². The van der Waals surface area contributed by atoms with Crippen molar-refractivity contribution in [2.24, 2.45) is 5.10 Å². The zero-order valence-electron chi connectivity index (χ0n) is 19.4. The summed E-state index contributed by atoms with van der Waals surface area (Å²) in [6.07, 6.45) is 1.32. The van der Waals surface area contributed by atoms with Gasteiger partial charge < -0.3 is 4.74 Å². The summed E-state index contributed by atoms with van der Waals surface area (Å²) in [6.45, 7) is 0.703. The predicted molar refractivity (Wildman–Crippen MR) is 134 cm³/mol. The van der Waals surface area contributed by atoms with Gasteiger partial charge in [-0.3, -0.25) is 4.79 Å². The van der Waals surface area contributed by atoms with Gasteiger partial charge in [-0.2, -0.15) is 9.41 Å². The molecule has 0 atom stereocenters. The second-order valence-corrected chi connectivity index (χ2v) is 10.0. The molecule has 0 aliphatic rings. The van der Waals surface area contributed by atoms with Crippen molar-refractivity contribution < 1.29 is 27.1 Å². The van der Waals surface area contributed by atoms with Crippen LogP contribution in [0.3, 0.4) is 0 Å². The Morgan fingerprint density at radius 2 is 1.75 bits per heavy atom. The van der Waals surface area contributed by atoms with Gasteiger partial charge >= 0.3 is 5.97 Å². The lowest BCUT2D eigenvalue weighted by Crippen LogP contribution is -2.39. The summed E-state index contributed by atoms with van der Waals surface area (Å²) in [6, 6.07) is 16.3. The van der Waals surface area contributed by atoms with Gasteiger partial charge in [0.15, 0.2) is 0 Å². The molecule has 0 aliphatic carbocycles. The van der Waals surface area contributed by atoms with Crippen molar-refractivity contribution in [2.75, 3.05) is 13.7 Å². The molecule has 0 heterocycles. The summed E-state index contributed by atoms with van der Waals surface area (Å²) in [5.74, 6) is -1.93. The number of halogens is 2. The highest BCUT2D eigenvalue weighted by Gasteiger charge is 2.28. The number of hydrogen-bond acceptors (Lipinski definition) is 6. The minimum Gasteiger partial charge on any atom is -0.465 e. The highest BCUT2D eigenvalue weighted by atomic mass is 35.5. The van der Waals surface area contributed by atoms with E-state index in [1.807, 2.05) is 6.92 Å². The summed E-state index contributed by atoms with van der Waals surface area (Å²) in [5, 5.41) is 3.87. The lowest BCUT2D eigenvalue weighted by Gasteiger charge is -2.22. The number of rotatable bonds is 9. The average molecular weight is 532 g/mol. The molecule has 36 heavy (non-hydrogen) atoms. The molecule has 0 aromatic heterocycles. The van der Waals surface area contributed by atoms with Crippen LogP contribution in [0, 0.1) is 12.7 Å². The third-order valence-electron chi connectivity index (χ3n) is 5.11. The Morgan fingerprint density at radius 3 is 2.36 bits per heavy atom. The first-order valence-corrected chi connectivity index (χ1v) is 12.4. The zero-order chi connectivity index (χ0) is 26.3. The summed E-state index contributed by atoms with van der Waals surface area (Å²) < 4.78 is 46.5. The van der Waals surface area contributed by atoms with Crippen molar-refractivity contribution in [3.05, 3.63) is 99.8 Å². The molecule has 0 unspecified atom stereocenters. The van der Waals surface area contributed by atoms with Crippen LogP contribution in [0.5, 0.6) is 0 Å². The molecule has 8 nitrogen and oxygen atoms in total. The Bertz CT molecular complexity index is 1360. The van der Waals surface area contributed by atoms with Crippen LogP contribution in [0.2, 0.25) is 5.02 Å². The lowest BCUT2D eigenvalue weighted by molar-refractivity contribution is -0.121. The Hall–Kier alpha value is -3.60. The van der Waals surface area contributed by atoms with Crippen molar-refractivity contribution >= 4 is 39.7 Å². The number of ether oxygens (including phenoxy) is 1. The molecule has 3 rings (SSSR count). The Kier molecular flexibility index (Phi) is 8.92. The van der Waals surface area contributed by atoms with E-state index < -0.39 is 40.8 Å². The minimum atomic E-state index is -4.19. The molecule has 0 radical (unpaired) electrons. The molecule has 0 fully saturated rings. The molecule has 0 saturated carbocycles. The smallest absolute Gasteiger partial charge is 0.337 e. The van der Waals surface area contributed by atoms with Crippen LogP contribution in [0.25, 0.3) is 0 Å². The number of carbonyl (C=O) groups is 2. The molecule has 11 heteroatoms. The van der Waals surface area contributed by atoms with Crippen molar-refractivity contribution in [3.63, 3.8) is 0 Å². The SMILES string of the molecule is COC(=O)c1ccc(/C=N\NC(=O)CN(Cc2c(F)cccc2Cl)S(=O)(=O)c2ccc(C)cc2)cc1. The lowest BCUT2D eigenvalue weighted by atomic mass is 10.1. The van der Waals surface area contributed by atoms with E-state index in [2.05, 4.69) is 15.3 Å². The molecule has 0 bridgehead atoms. The molecule has 1 amide bonds. The molecule has 3 aromatic carbocycles. The molecule has 0 spiro atoms. The number of nitrogens with one attached hydrogen (secondary N) is 1. The number of amides is 1. The van der Waals surface area contributed by atoms with Gasteiger partial charge in [-0.05, 0) is 48.9 Å². The van der Waals surface area contributed by atoms with Crippen LogP contribution in [-0.4, -0.2) is 44.5 Å². The van der Waals surface area contributed by atoms with Crippen LogP contribution in [0.15, 0.2) is 76.7 Å². The van der Waals surface area contributed by atoms with E-state index in [9.17, 15) is 22.4 Å². The molecule has 1 N–H and O–H groups in total. The van der Waals surface area contributed by atoms with Crippen molar-refractivity contribution in [1.29, 1.82) is 0 Å². The highest BCUT2D eigenvalue weighted by Crippen LogP contribution is 2.24. The highest BCUT2D eigenvalue weighted by molar-refractivity contribution is 7.89. The molecule has 3 aromatic rings. The first-order chi connectivity index (χ1) is 17.1. The Labute approximate surface area is 213 Å². The van der Waals surface area contributed by atoms with E-state index in [1.54, 1.807) is 24.3 Å². The van der Waals surface area contributed by atoms with E-state index in [4.69, 9.17) is 11.6 Å². The largest absolute Gasteiger partial charge is 0.465 e. The zero-order valence-corrected chi connectivity index (χ0v) is 21.0. The predicted octanol–water partition coefficient (Wildman–Crippen LogP) is 3.92. The minimum absolute atomic E-state index is 0.0351. The molecule has 188 valence electrons. The first-order valence-electron chi connectivity index (χ1n) is 10.6. The third kappa shape index (κ3) is 6.75. The molecule has 0 saturated heterocycles. The summed E-state index contributed by atoms with van der Waals surface area (Å²) >= 11 is 6.10. The monoisotopic (exact) mass is 531 g/mol. The summed E-state index contributed by atoms with van der Waals surface area (Å²) in [7, 11) is -2.91. The number of benzene rings is 3. The number of esters is 1. The summed E-state index contributed by atoms with van der Waals surface area (Å²) in [5.41, 5.74) is 3.98. The fourth-order valence-corrected chi connectivity index (χ4v) is 4.73. The topological polar surface area (TPSA) is 105 Å². The van der Waals surface area contributed by atoms with E-state index in [0.717, 1.165) is 15.9 Å². The maximum absolute atomic E-state index is 14.4. The fourth-order valence-electron chi connectivity index (χ4n) is 3.14. The van der Waals surface area contributed by atoms with Crippen LogP contribution in [0.1, 0.15) is 27.0 Å². The molecular formula is C25H23ClFN3O5S. The van der Waals surface area contributed by atoms with E-state index in [1.165, 1.54) is 49.7 Å². The maximum Gasteiger partial charge on any atom is 0.337 e. The van der Waals surface area contributed by atoms with Gasteiger partial charge in [0.2, 0.25) is 10.0 Å². The average Bonchev–Trinajstić information content (AvgIpc) is 2.85. The van der Waals surface area contributed by atoms with E-state index in [0.29, 0.717) is 11.1 Å². The van der Waals surface area contributed by atoms with Crippen molar-refractivity contribution in [3.8, 4) is 0 Å². The number of nitrogens with zero attached hydrogens (tertiary/aromatic N) is 2. The quantitative estimate of drug-likeness (QED) is 0.256. The maximum atomic E-state index is 14.4. The van der Waals surface area contributed by atoms with Gasteiger partial charge in [-0.25, -0.2) is 23.0 Å². The van der Waals surface area contributed by atoms with Crippen LogP contribution < -0.4 is 5.43 Å². The van der Waals surface area contributed by atoms with Gasteiger partial charge in [0.1, 0.15) is 5.82 Å². The number of methoxy groups -OCH3 is 1. The third-order valence-corrected chi connectivity index (χ3v) is 7.27. The number of sulfonamides is 1. The number of aryl methyl sites for hydroxylation is 1. The van der Waals surface area contributed by atoms with Crippen LogP contribution >= 0.6 is 11.6 Å². The fraction of sp³-hybridized carbons (Fsp3) is 0.160. The molecule has 0 aliphatic heterocycles. The van der Waals surface area contributed by atoms with E-state index >= 15 is 0 Å².